The minimum absolute atomic E-state index is 0.410. The van der Waals surface area contributed by atoms with Crippen LogP contribution >= 0.6 is 0 Å². The number of benzene rings is 1. The van der Waals surface area contributed by atoms with Crippen LogP contribution in [0, 0.1) is 0 Å². The number of piperidine rings is 1. The summed E-state index contributed by atoms with van der Waals surface area (Å²) in [4.78, 5) is 14.8. The van der Waals surface area contributed by atoms with Crippen LogP contribution in [0.3, 0.4) is 0 Å². The minimum atomic E-state index is 0.410. The van der Waals surface area contributed by atoms with Gasteiger partial charge in [0.1, 0.15) is 0 Å². The van der Waals surface area contributed by atoms with Crippen LogP contribution in [0.5, 0.6) is 11.5 Å². The van der Waals surface area contributed by atoms with E-state index in [1.807, 2.05) is 13.1 Å². The Balaban J connectivity index is 1.32. The van der Waals surface area contributed by atoms with E-state index < -0.39 is 0 Å². The van der Waals surface area contributed by atoms with Crippen molar-refractivity contribution in [2.75, 3.05) is 72.0 Å². The summed E-state index contributed by atoms with van der Waals surface area (Å²) >= 11 is 0. The largest absolute Gasteiger partial charge is 0.493 e. The summed E-state index contributed by atoms with van der Waals surface area (Å²) < 4.78 is 17.5. The number of nitrogens with zero attached hydrogens (tertiary/aromatic N) is 4. The molecule has 8 nitrogen and oxygen atoms in total. The van der Waals surface area contributed by atoms with Crippen LogP contribution in [0.1, 0.15) is 50.1 Å². The van der Waals surface area contributed by atoms with E-state index >= 15 is 0 Å². The van der Waals surface area contributed by atoms with Gasteiger partial charge in [-0.2, -0.15) is 0 Å². The Morgan fingerprint density at radius 1 is 1.06 bits per heavy atom. The van der Waals surface area contributed by atoms with Crippen LogP contribution in [0.15, 0.2) is 12.1 Å². The first kappa shape index (κ1) is 23.6. The van der Waals surface area contributed by atoms with Gasteiger partial charge in [-0.3, -0.25) is 4.90 Å². The molecule has 8 heteroatoms. The normalized spacial score (nSPS) is 22.5. The maximum atomic E-state index is 6.17. The maximum absolute atomic E-state index is 6.17. The molecule has 0 aliphatic carbocycles. The number of methoxy groups -OCH3 is 1. The van der Waals surface area contributed by atoms with E-state index in [1.54, 1.807) is 7.11 Å². The van der Waals surface area contributed by atoms with Crippen molar-refractivity contribution in [1.29, 1.82) is 0 Å². The number of hydrogen-bond donors (Lipinski definition) is 1. The van der Waals surface area contributed by atoms with Crippen molar-refractivity contribution in [1.82, 2.24) is 19.8 Å². The highest BCUT2D eigenvalue weighted by molar-refractivity contribution is 5.86. The second-order valence-corrected chi connectivity index (χ2v) is 9.78. The lowest BCUT2D eigenvalue weighted by Crippen LogP contribution is -2.41. The predicted octanol–water partition coefficient (Wildman–Crippen LogP) is 3.51. The number of hydrogen-bond acceptors (Lipinski definition) is 8. The molecule has 3 aliphatic heterocycles. The van der Waals surface area contributed by atoms with E-state index in [1.165, 1.54) is 25.9 Å². The van der Waals surface area contributed by atoms with Gasteiger partial charge >= 0.3 is 0 Å². The Labute approximate surface area is 203 Å². The van der Waals surface area contributed by atoms with Gasteiger partial charge in [-0.1, -0.05) is 0 Å². The fraction of sp³-hybridized carbons (Fsp3) is 0.692. The fourth-order valence-electron chi connectivity index (χ4n) is 5.68. The number of aromatic nitrogens is 2. The molecule has 3 aliphatic rings. The first-order chi connectivity index (χ1) is 16.7. The predicted molar refractivity (Wildman–Crippen MR) is 134 cm³/mol. The molecule has 1 aromatic heterocycles. The first-order valence-corrected chi connectivity index (χ1v) is 13.0. The number of rotatable bonds is 9. The zero-order valence-corrected chi connectivity index (χ0v) is 20.7. The summed E-state index contributed by atoms with van der Waals surface area (Å²) in [6.07, 6.45) is 7.02. The van der Waals surface area contributed by atoms with Gasteiger partial charge in [-0.05, 0) is 70.8 Å². The summed E-state index contributed by atoms with van der Waals surface area (Å²) in [5.41, 5.74) is 2.03. The van der Waals surface area contributed by atoms with Gasteiger partial charge in [0.05, 0.1) is 31.5 Å². The first-order valence-electron chi connectivity index (χ1n) is 13.0. The van der Waals surface area contributed by atoms with Crippen LogP contribution in [0.4, 0.5) is 5.95 Å². The van der Waals surface area contributed by atoms with Gasteiger partial charge in [0, 0.05) is 43.6 Å². The standard InChI is InChI=1S/C26H39N5O3/c1-27-26-28-22-17-24(34-14-5-11-30-9-3-4-10-30)23(32-2)16-21(22)25(29-26)19-6-12-31(13-7-19)20-8-15-33-18-20/h16-17,19-20H,3-15,18H2,1-2H3,(H,27,28,29). The van der Waals surface area contributed by atoms with Crippen molar-refractivity contribution in [3.8, 4) is 11.5 Å². The van der Waals surface area contributed by atoms with Gasteiger partial charge in [-0.25, -0.2) is 9.97 Å². The molecule has 0 spiro atoms. The highest BCUT2D eigenvalue weighted by Crippen LogP contribution is 2.38. The van der Waals surface area contributed by atoms with Gasteiger partial charge < -0.3 is 24.4 Å². The zero-order valence-electron chi connectivity index (χ0n) is 20.7. The third-order valence-corrected chi connectivity index (χ3v) is 7.65. The molecule has 1 N–H and O–H groups in total. The van der Waals surface area contributed by atoms with Crippen LogP contribution in [-0.2, 0) is 4.74 Å². The summed E-state index contributed by atoms with van der Waals surface area (Å²) in [6.45, 7) is 8.18. The Hall–Kier alpha value is -2.16. The van der Waals surface area contributed by atoms with Crippen molar-refractivity contribution in [2.24, 2.45) is 0 Å². The molecule has 0 saturated carbocycles. The molecule has 0 amide bonds. The fourth-order valence-corrected chi connectivity index (χ4v) is 5.68. The lowest BCUT2D eigenvalue weighted by Gasteiger charge is -2.35. The van der Waals surface area contributed by atoms with E-state index in [2.05, 4.69) is 21.2 Å². The highest BCUT2D eigenvalue weighted by atomic mass is 16.5. The molecule has 5 rings (SSSR count). The molecule has 1 aromatic carbocycles. The van der Waals surface area contributed by atoms with Crippen LogP contribution in [0.2, 0.25) is 0 Å². The quantitative estimate of drug-likeness (QED) is 0.560. The molecule has 34 heavy (non-hydrogen) atoms. The number of ether oxygens (including phenoxy) is 3. The lowest BCUT2D eigenvalue weighted by atomic mass is 9.90. The molecule has 1 unspecified atom stereocenters. The van der Waals surface area contributed by atoms with E-state index in [-0.39, 0.29) is 0 Å². The van der Waals surface area contributed by atoms with Gasteiger partial charge in [0.15, 0.2) is 11.5 Å². The smallest absolute Gasteiger partial charge is 0.223 e. The molecule has 1 atom stereocenters. The monoisotopic (exact) mass is 469 g/mol. The van der Waals surface area contributed by atoms with Crippen molar-refractivity contribution >= 4 is 16.9 Å². The summed E-state index contributed by atoms with van der Waals surface area (Å²) in [7, 11) is 3.59. The molecule has 4 heterocycles. The third-order valence-electron chi connectivity index (χ3n) is 7.65. The number of likely N-dealkylation sites (tertiary alicyclic amines) is 2. The Morgan fingerprint density at radius 2 is 1.88 bits per heavy atom. The maximum Gasteiger partial charge on any atom is 0.223 e. The molecule has 0 bridgehead atoms. The zero-order chi connectivity index (χ0) is 23.3. The van der Waals surface area contributed by atoms with E-state index in [9.17, 15) is 0 Å². The van der Waals surface area contributed by atoms with Crippen molar-refractivity contribution in [2.45, 2.75) is 50.5 Å². The molecule has 2 aromatic rings. The molecular weight excluding hydrogens is 430 g/mol. The van der Waals surface area contributed by atoms with Gasteiger partial charge in [-0.15, -0.1) is 0 Å². The SMILES string of the molecule is CNc1nc(C2CCN(C3CCOC3)CC2)c2cc(OC)c(OCCCN3CCCC3)cc2n1. The Kier molecular flexibility index (Phi) is 7.67. The average Bonchev–Trinajstić information content (AvgIpc) is 3.60. The molecule has 3 saturated heterocycles. The lowest BCUT2D eigenvalue weighted by molar-refractivity contribution is 0.121. The van der Waals surface area contributed by atoms with Crippen LogP contribution < -0.4 is 14.8 Å². The number of nitrogens with one attached hydrogen (secondary N) is 1. The second kappa shape index (κ2) is 11.1. The van der Waals surface area contributed by atoms with Crippen molar-refractivity contribution in [3.63, 3.8) is 0 Å². The van der Waals surface area contributed by atoms with Crippen LogP contribution in [0.25, 0.3) is 10.9 Å². The topological polar surface area (TPSA) is 72.0 Å². The molecule has 186 valence electrons. The second-order valence-electron chi connectivity index (χ2n) is 9.78. The van der Waals surface area contributed by atoms with Crippen molar-refractivity contribution < 1.29 is 14.2 Å². The van der Waals surface area contributed by atoms with E-state index in [0.29, 0.717) is 24.5 Å². The minimum Gasteiger partial charge on any atom is -0.493 e. The average molecular weight is 470 g/mol. The molecule has 3 fully saturated rings. The van der Waals surface area contributed by atoms with E-state index in [0.717, 1.165) is 86.6 Å². The third kappa shape index (κ3) is 5.24. The highest BCUT2D eigenvalue weighted by Gasteiger charge is 2.30. The summed E-state index contributed by atoms with van der Waals surface area (Å²) in [5, 5.41) is 4.23. The Bertz CT molecular complexity index is 951. The molecule has 0 radical (unpaired) electrons. The Morgan fingerprint density at radius 3 is 2.59 bits per heavy atom. The van der Waals surface area contributed by atoms with Gasteiger partial charge in [0.25, 0.3) is 0 Å². The van der Waals surface area contributed by atoms with Crippen molar-refractivity contribution in [3.05, 3.63) is 17.8 Å². The summed E-state index contributed by atoms with van der Waals surface area (Å²) in [6, 6.07) is 4.69. The van der Waals surface area contributed by atoms with Gasteiger partial charge in [0.2, 0.25) is 5.95 Å². The molecular formula is C26H39N5O3. The number of fused-ring (bicyclic) bond motifs is 1. The van der Waals surface area contributed by atoms with Crippen LogP contribution in [-0.4, -0.2) is 92.5 Å². The summed E-state index contributed by atoms with van der Waals surface area (Å²) in [5.74, 6) is 2.60. The number of anilines is 1. The van der Waals surface area contributed by atoms with E-state index in [4.69, 9.17) is 24.2 Å².